The van der Waals surface area contributed by atoms with Crippen molar-refractivity contribution < 1.29 is 22.7 Å². The van der Waals surface area contributed by atoms with Gasteiger partial charge in [0.2, 0.25) is 0 Å². The summed E-state index contributed by atoms with van der Waals surface area (Å²) >= 11 is 0. The van der Waals surface area contributed by atoms with Crippen LogP contribution < -0.4 is 15.4 Å². The Morgan fingerprint density at radius 1 is 1.25 bits per heavy atom. The van der Waals surface area contributed by atoms with E-state index >= 15 is 0 Å². The number of methoxy groups -OCH3 is 1. The number of benzene rings is 1. The van der Waals surface area contributed by atoms with E-state index in [4.69, 9.17) is 4.74 Å². The number of nitrogens with one attached hydrogen (secondary N) is 2. The van der Waals surface area contributed by atoms with E-state index in [9.17, 15) is 18.0 Å². The molecule has 0 unspecified atom stereocenters. The van der Waals surface area contributed by atoms with Gasteiger partial charge in [-0.2, -0.15) is 18.3 Å². The molecule has 2 N–H and O–H groups in total. The molecule has 0 fully saturated rings. The van der Waals surface area contributed by atoms with E-state index in [2.05, 4.69) is 15.7 Å². The van der Waals surface area contributed by atoms with Crippen molar-refractivity contribution in [3.63, 3.8) is 0 Å². The molecule has 0 spiro atoms. The largest absolute Gasteiger partial charge is 0.497 e. The SMILES string of the molecule is COc1ccc([C@@H]2C[C@@H](C(F)(F)F)n3ncc(C(=O)NC(C)(C)C)c3N2)cc1. The highest BCUT2D eigenvalue weighted by Crippen LogP contribution is 2.44. The Hall–Kier alpha value is -2.71. The molecule has 1 aromatic heterocycles. The first-order valence-electron chi connectivity index (χ1n) is 8.87. The van der Waals surface area contributed by atoms with Crippen molar-refractivity contribution in [3.8, 4) is 5.75 Å². The van der Waals surface area contributed by atoms with Crippen LogP contribution in [0.5, 0.6) is 5.75 Å². The lowest BCUT2D eigenvalue weighted by Gasteiger charge is -2.34. The molecule has 2 aromatic rings. The Labute approximate surface area is 161 Å². The fourth-order valence-electron chi connectivity index (χ4n) is 3.19. The van der Waals surface area contributed by atoms with Crippen molar-refractivity contribution in [1.29, 1.82) is 0 Å². The summed E-state index contributed by atoms with van der Waals surface area (Å²) in [5, 5.41) is 9.70. The minimum Gasteiger partial charge on any atom is -0.497 e. The van der Waals surface area contributed by atoms with Crippen LogP contribution in [0.4, 0.5) is 19.0 Å². The molecule has 152 valence electrons. The summed E-state index contributed by atoms with van der Waals surface area (Å²) in [7, 11) is 1.52. The van der Waals surface area contributed by atoms with E-state index in [0.717, 1.165) is 4.68 Å². The Morgan fingerprint density at radius 3 is 2.43 bits per heavy atom. The first-order valence-corrected chi connectivity index (χ1v) is 8.87. The zero-order chi connectivity index (χ0) is 20.7. The number of carbonyl (C=O) groups excluding carboxylic acids is 1. The molecule has 1 aliphatic rings. The normalized spacial score (nSPS) is 19.5. The summed E-state index contributed by atoms with van der Waals surface area (Å²) in [4.78, 5) is 12.6. The lowest BCUT2D eigenvalue weighted by atomic mass is 9.96. The number of ether oxygens (including phenoxy) is 1. The van der Waals surface area contributed by atoms with Crippen LogP contribution in [0.15, 0.2) is 30.5 Å². The summed E-state index contributed by atoms with van der Waals surface area (Å²) in [6, 6.07) is 4.36. The van der Waals surface area contributed by atoms with E-state index in [1.54, 1.807) is 45.0 Å². The van der Waals surface area contributed by atoms with Gasteiger partial charge in [-0.3, -0.25) is 4.79 Å². The minimum absolute atomic E-state index is 0.0659. The number of amides is 1. The van der Waals surface area contributed by atoms with Gasteiger partial charge in [0.05, 0.1) is 19.3 Å². The number of nitrogens with zero attached hydrogens (tertiary/aromatic N) is 2. The molecule has 1 aromatic carbocycles. The lowest BCUT2D eigenvalue weighted by Crippen LogP contribution is -2.41. The monoisotopic (exact) mass is 396 g/mol. The first-order chi connectivity index (χ1) is 13.0. The van der Waals surface area contributed by atoms with Crippen LogP contribution >= 0.6 is 0 Å². The average molecular weight is 396 g/mol. The van der Waals surface area contributed by atoms with E-state index in [-0.39, 0.29) is 17.8 Å². The van der Waals surface area contributed by atoms with Gasteiger partial charge in [0.15, 0.2) is 6.04 Å². The average Bonchev–Trinajstić information content (AvgIpc) is 3.02. The lowest BCUT2D eigenvalue weighted by molar-refractivity contribution is -0.173. The number of aromatic nitrogens is 2. The van der Waals surface area contributed by atoms with Crippen LogP contribution in [0.25, 0.3) is 0 Å². The third-order valence-electron chi connectivity index (χ3n) is 4.49. The van der Waals surface area contributed by atoms with Crippen molar-refractivity contribution in [2.45, 2.75) is 51.0 Å². The van der Waals surface area contributed by atoms with Gasteiger partial charge in [-0.1, -0.05) is 12.1 Å². The van der Waals surface area contributed by atoms with Crippen molar-refractivity contribution in [2.24, 2.45) is 0 Å². The number of alkyl halides is 3. The topological polar surface area (TPSA) is 68.2 Å². The molecule has 3 rings (SSSR count). The summed E-state index contributed by atoms with van der Waals surface area (Å²) in [6.07, 6.45) is -3.55. The highest BCUT2D eigenvalue weighted by atomic mass is 19.4. The highest BCUT2D eigenvalue weighted by Gasteiger charge is 2.47. The van der Waals surface area contributed by atoms with Crippen molar-refractivity contribution in [2.75, 3.05) is 12.4 Å². The zero-order valence-electron chi connectivity index (χ0n) is 16.1. The smallest absolute Gasteiger partial charge is 0.410 e. The van der Waals surface area contributed by atoms with Gasteiger partial charge >= 0.3 is 6.18 Å². The molecule has 2 atom stereocenters. The van der Waals surface area contributed by atoms with Gasteiger partial charge < -0.3 is 15.4 Å². The Bertz CT molecular complexity index is 854. The van der Waals surface area contributed by atoms with Gasteiger partial charge in [-0.05, 0) is 38.5 Å². The fourth-order valence-corrected chi connectivity index (χ4v) is 3.19. The Kier molecular flexibility index (Phi) is 5.03. The van der Waals surface area contributed by atoms with Gasteiger partial charge in [-0.25, -0.2) is 4.68 Å². The molecule has 2 heterocycles. The Morgan fingerprint density at radius 2 is 1.89 bits per heavy atom. The zero-order valence-corrected chi connectivity index (χ0v) is 16.1. The maximum absolute atomic E-state index is 13.7. The quantitative estimate of drug-likeness (QED) is 0.820. The number of hydrogen-bond acceptors (Lipinski definition) is 4. The van der Waals surface area contributed by atoms with Crippen LogP contribution in [-0.4, -0.2) is 34.5 Å². The summed E-state index contributed by atoms with van der Waals surface area (Å²) < 4.78 is 47.1. The predicted molar refractivity (Wildman–Crippen MR) is 98.5 cm³/mol. The van der Waals surface area contributed by atoms with E-state index < -0.39 is 29.7 Å². The number of rotatable bonds is 3. The van der Waals surface area contributed by atoms with Gasteiger partial charge in [0.1, 0.15) is 17.1 Å². The van der Waals surface area contributed by atoms with Crippen LogP contribution in [0.3, 0.4) is 0 Å². The molecular weight excluding hydrogens is 373 g/mol. The first kappa shape index (κ1) is 20.0. The second-order valence-electron chi connectivity index (χ2n) is 7.82. The number of carbonyl (C=O) groups is 1. The van der Waals surface area contributed by atoms with Crippen LogP contribution in [0.1, 0.15) is 55.2 Å². The van der Waals surface area contributed by atoms with Crippen LogP contribution in [-0.2, 0) is 0 Å². The molecular formula is C19H23F3N4O2. The predicted octanol–water partition coefficient (Wildman–Crippen LogP) is 4.08. The van der Waals surface area contributed by atoms with Crippen molar-refractivity contribution in [1.82, 2.24) is 15.1 Å². The fraction of sp³-hybridized carbons (Fsp3) is 0.474. The molecule has 0 aliphatic carbocycles. The summed E-state index contributed by atoms with van der Waals surface area (Å²) in [5.41, 5.74) is 0.228. The highest BCUT2D eigenvalue weighted by molar-refractivity contribution is 5.99. The number of anilines is 1. The molecule has 0 saturated carbocycles. The summed E-state index contributed by atoms with van der Waals surface area (Å²) in [6.45, 7) is 5.40. The molecule has 9 heteroatoms. The van der Waals surface area contributed by atoms with Gasteiger partial charge in [0, 0.05) is 12.0 Å². The third-order valence-corrected chi connectivity index (χ3v) is 4.49. The van der Waals surface area contributed by atoms with Crippen molar-refractivity contribution >= 4 is 11.7 Å². The molecule has 0 saturated heterocycles. The molecule has 1 aliphatic heterocycles. The second-order valence-corrected chi connectivity index (χ2v) is 7.82. The molecule has 0 bridgehead atoms. The van der Waals surface area contributed by atoms with Crippen LogP contribution in [0.2, 0.25) is 0 Å². The minimum atomic E-state index is -4.49. The molecule has 28 heavy (non-hydrogen) atoms. The van der Waals surface area contributed by atoms with Gasteiger partial charge in [0.25, 0.3) is 5.91 Å². The van der Waals surface area contributed by atoms with Gasteiger partial charge in [-0.15, -0.1) is 0 Å². The number of hydrogen-bond donors (Lipinski definition) is 2. The van der Waals surface area contributed by atoms with Crippen LogP contribution in [0, 0.1) is 0 Å². The number of halogens is 3. The van der Waals surface area contributed by atoms with Crippen molar-refractivity contribution in [3.05, 3.63) is 41.6 Å². The second kappa shape index (κ2) is 7.03. The molecule has 1 amide bonds. The molecule has 0 radical (unpaired) electrons. The Balaban J connectivity index is 1.99. The third kappa shape index (κ3) is 4.07. The van der Waals surface area contributed by atoms with E-state index in [0.29, 0.717) is 11.3 Å². The van der Waals surface area contributed by atoms with E-state index in [1.807, 2.05) is 0 Å². The summed E-state index contributed by atoms with van der Waals surface area (Å²) in [5.74, 6) is 0.205. The molecule has 6 nitrogen and oxygen atoms in total. The maximum Gasteiger partial charge on any atom is 0.410 e. The van der Waals surface area contributed by atoms with E-state index in [1.165, 1.54) is 13.3 Å². The number of fused-ring (bicyclic) bond motifs is 1. The maximum atomic E-state index is 13.7. The standard InChI is InChI=1S/C19H23F3N4O2/c1-18(2,3)25-17(27)13-10-23-26-15(19(20,21)22)9-14(24-16(13)26)11-5-7-12(28-4)8-6-11/h5-8,10,14-15,24H,9H2,1-4H3,(H,25,27)/t14-,15-/m0/s1.